The largest absolute Gasteiger partial charge is 0.418 e. The van der Waals surface area contributed by atoms with Crippen molar-refractivity contribution in [1.82, 2.24) is 4.90 Å². The molecule has 4 rings (SSSR count). The summed E-state index contributed by atoms with van der Waals surface area (Å²) in [6.07, 6.45) is -4.18. The number of piperazine rings is 1. The van der Waals surface area contributed by atoms with Gasteiger partial charge in [-0.3, -0.25) is 4.79 Å². The molecule has 36 heavy (non-hydrogen) atoms. The van der Waals surface area contributed by atoms with Gasteiger partial charge in [-0.1, -0.05) is 36.4 Å². The highest BCUT2D eigenvalue weighted by molar-refractivity contribution is 6.00. The summed E-state index contributed by atoms with van der Waals surface area (Å²) in [6, 6.07) is 19.0. The molecule has 1 fully saturated rings. The molecular weight excluding hydrogens is 469 g/mol. The van der Waals surface area contributed by atoms with Gasteiger partial charge >= 0.3 is 12.2 Å². The number of nitrogens with one attached hydrogen (secondary N) is 2. The Bertz CT molecular complexity index is 1220. The predicted octanol–water partition coefficient (Wildman–Crippen LogP) is 5.55. The van der Waals surface area contributed by atoms with E-state index in [1.807, 2.05) is 48.2 Å². The first kappa shape index (κ1) is 25.1. The zero-order valence-corrected chi connectivity index (χ0v) is 19.8. The highest BCUT2D eigenvalue weighted by atomic mass is 19.4. The van der Waals surface area contributed by atoms with Crippen molar-refractivity contribution in [3.05, 3.63) is 89.5 Å². The van der Waals surface area contributed by atoms with Crippen molar-refractivity contribution in [2.24, 2.45) is 0 Å². The Balaban J connectivity index is 1.29. The van der Waals surface area contributed by atoms with Gasteiger partial charge in [0.2, 0.25) is 5.91 Å². The van der Waals surface area contributed by atoms with E-state index < -0.39 is 17.8 Å². The summed E-state index contributed by atoms with van der Waals surface area (Å²) >= 11 is 0. The van der Waals surface area contributed by atoms with Crippen molar-refractivity contribution in [3.63, 3.8) is 0 Å². The van der Waals surface area contributed by atoms with Gasteiger partial charge in [0.1, 0.15) is 0 Å². The molecule has 1 aliphatic rings. The lowest BCUT2D eigenvalue weighted by Crippen LogP contribution is -2.49. The Kier molecular flexibility index (Phi) is 7.47. The average molecular weight is 497 g/mol. The maximum atomic E-state index is 13.1. The third-order valence-electron chi connectivity index (χ3n) is 6.21. The number of amides is 3. The zero-order valence-electron chi connectivity index (χ0n) is 19.8. The predicted molar refractivity (Wildman–Crippen MR) is 134 cm³/mol. The number of carbonyl (C=O) groups is 2. The Labute approximate surface area is 207 Å². The van der Waals surface area contributed by atoms with Crippen LogP contribution in [0, 0.1) is 6.92 Å². The van der Waals surface area contributed by atoms with Crippen molar-refractivity contribution in [2.75, 3.05) is 41.7 Å². The Morgan fingerprint density at radius 1 is 0.833 bits per heavy atom. The first-order valence-corrected chi connectivity index (χ1v) is 11.6. The molecule has 1 heterocycles. The molecule has 9 heteroatoms. The fourth-order valence-electron chi connectivity index (χ4n) is 4.18. The van der Waals surface area contributed by atoms with E-state index in [0.29, 0.717) is 38.3 Å². The summed E-state index contributed by atoms with van der Waals surface area (Å²) in [5.74, 6) is 0.113. The minimum absolute atomic E-state index is 0.113. The number of halogens is 3. The molecule has 3 aromatic rings. The molecule has 0 atom stereocenters. The van der Waals surface area contributed by atoms with Crippen LogP contribution in [0.2, 0.25) is 0 Å². The third-order valence-corrected chi connectivity index (χ3v) is 6.21. The van der Waals surface area contributed by atoms with Crippen molar-refractivity contribution in [2.45, 2.75) is 19.5 Å². The quantitative estimate of drug-likeness (QED) is 0.487. The average Bonchev–Trinajstić information content (AvgIpc) is 2.85. The van der Waals surface area contributed by atoms with Gasteiger partial charge in [0, 0.05) is 37.6 Å². The van der Waals surface area contributed by atoms with Gasteiger partial charge in [-0.15, -0.1) is 0 Å². The summed E-state index contributed by atoms with van der Waals surface area (Å²) in [4.78, 5) is 29.0. The minimum Gasteiger partial charge on any atom is -0.368 e. The first-order chi connectivity index (χ1) is 17.2. The van der Waals surface area contributed by atoms with Gasteiger partial charge in [0.15, 0.2) is 0 Å². The number of aryl methyl sites for hydroxylation is 1. The van der Waals surface area contributed by atoms with Crippen LogP contribution < -0.4 is 15.5 Å². The fourth-order valence-corrected chi connectivity index (χ4v) is 4.18. The van der Waals surface area contributed by atoms with Gasteiger partial charge in [0.05, 0.1) is 17.7 Å². The first-order valence-electron chi connectivity index (χ1n) is 11.6. The second kappa shape index (κ2) is 10.7. The Hall–Kier alpha value is -4.01. The molecule has 0 aliphatic carbocycles. The maximum absolute atomic E-state index is 13.1. The molecule has 1 aliphatic heterocycles. The van der Waals surface area contributed by atoms with E-state index in [0.717, 1.165) is 22.9 Å². The van der Waals surface area contributed by atoms with Crippen molar-refractivity contribution in [3.8, 4) is 0 Å². The number of urea groups is 1. The second-order valence-corrected chi connectivity index (χ2v) is 8.64. The lowest BCUT2D eigenvalue weighted by molar-refractivity contribution is -0.137. The lowest BCUT2D eigenvalue weighted by atomic mass is 10.1. The monoisotopic (exact) mass is 496 g/mol. The van der Waals surface area contributed by atoms with Gasteiger partial charge in [0.25, 0.3) is 0 Å². The van der Waals surface area contributed by atoms with Crippen LogP contribution in [0.5, 0.6) is 0 Å². The molecule has 6 nitrogen and oxygen atoms in total. The number of rotatable bonds is 5. The van der Waals surface area contributed by atoms with E-state index in [-0.39, 0.29) is 11.6 Å². The molecule has 0 unspecified atom stereocenters. The van der Waals surface area contributed by atoms with Crippen LogP contribution in [-0.2, 0) is 17.4 Å². The molecule has 0 spiro atoms. The number of alkyl halides is 3. The molecule has 1 saturated heterocycles. The maximum Gasteiger partial charge on any atom is 0.418 e. The van der Waals surface area contributed by atoms with Gasteiger partial charge < -0.3 is 20.4 Å². The molecule has 3 amide bonds. The number of nitrogens with zero attached hydrogens (tertiary/aromatic N) is 2. The number of hydrogen-bond donors (Lipinski definition) is 2. The van der Waals surface area contributed by atoms with Crippen LogP contribution in [0.1, 0.15) is 16.7 Å². The molecular formula is C27H27F3N4O2. The number of benzene rings is 3. The Morgan fingerprint density at radius 2 is 1.47 bits per heavy atom. The normalized spacial score (nSPS) is 13.9. The van der Waals surface area contributed by atoms with E-state index in [4.69, 9.17) is 0 Å². The van der Waals surface area contributed by atoms with Crippen LogP contribution in [0.4, 0.5) is 35.0 Å². The summed E-state index contributed by atoms with van der Waals surface area (Å²) in [5, 5.41) is 4.82. The van der Waals surface area contributed by atoms with Crippen molar-refractivity contribution in [1.29, 1.82) is 0 Å². The molecule has 0 aromatic heterocycles. The number of carbonyl (C=O) groups excluding carboxylic acids is 2. The van der Waals surface area contributed by atoms with Crippen molar-refractivity contribution >= 4 is 29.0 Å². The molecule has 0 bridgehead atoms. The fraction of sp³-hybridized carbons (Fsp3) is 0.259. The van der Waals surface area contributed by atoms with E-state index >= 15 is 0 Å². The van der Waals surface area contributed by atoms with E-state index in [2.05, 4.69) is 15.5 Å². The number of hydrogen-bond acceptors (Lipinski definition) is 3. The summed E-state index contributed by atoms with van der Waals surface area (Å²) in [5.41, 5.74) is 2.32. The topological polar surface area (TPSA) is 64.7 Å². The second-order valence-electron chi connectivity index (χ2n) is 8.64. The lowest BCUT2D eigenvalue weighted by Gasteiger charge is -2.36. The minimum atomic E-state index is -4.57. The van der Waals surface area contributed by atoms with Gasteiger partial charge in [-0.2, -0.15) is 13.2 Å². The van der Waals surface area contributed by atoms with Crippen LogP contribution in [0.15, 0.2) is 72.8 Å². The molecule has 0 radical (unpaired) electrons. The summed E-state index contributed by atoms with van der Waals surface area (Å²) in [6.45, 7) is 4.60. The Morgan fingerprint density at radius 3 is 2.14 bits per heavy atom. The van der Waals surface area contributed by atoms with E-state index in [1.54, 1.807) is 12.1 Å². The SMILES string of the molecule is Cc1ccccc1CC(=O)N1CCN(c2ccc(NC(=O)Nc3ccccc3C(F)(F)F)cc2)CC1. The summed E-state index contributed by atoms with van der Waals surface area (Å²) < 4.78 is 39.4. The highest BCUT2D eigenvalue weighted by Crippen LogP contribution is 2.34. The highest BCUT2D eigenvalue weighted by Gasteiger charge is 2.33. The van der Waals surface area contributed by atoms with Gasteiger partial charge in [-0.25, -0.2) is 4.79 Å². The molecule has 0 saturated carbocycles. The molecule has 188 valence electrons. The van der Waals surface area contributed by atoms with Crippen LogP contribution >= 0.6 is 0 Å². The van der Waals surface area contributed by atoms with Crippen LogP contribution in [-0.4, -0.2) is 43.0 Å². The van der Waals surface area contributed by atoms with E-state index in [9.17, 15) is 22.8 Å². The smallest absolute Gasteiger partial charge is 0.368 e. The van der Waals surface area contributed by atoms with Crippen LogP contribution in [0.25, 0.3) is 0 Å². The standard InChI is InChI=1S/C27H27F3N4O2/c1-19-6-2-3-7-20(19)18-25(35)34-16-14-33(15-17-34)22-12-10-21(11-13-22)31-26(36)32-24-9-5-4-8-23(24)27(28,29)30/h2-13H,14-18H2,1H3,(H2,31,32,36). The van der Waals surface area contributed by atoms with E-state index in [1.165, 1.54) is 18.2 Å². The number of para-hydroxylation sites is 1. The third kappa shape index (κ3) is 6.16. The zero-order chi connectivity index (χ0) is 25.7. The molecule has 3 aromatic carbocycles. The van der Waals surface area contributed by atoms with Crippen LogP contribution in [0.3, 0.4) is 0 Å². The molecule has 2 N–H and O–H groups in total. The van der Waals surface area contributed by atoms with Gasteiger partial charge in [-0.05, 0) is 54.4 Å². The number of anilines is 3. The summed E-state index contributed by atoms with van der Waals surface area (Å²) in [7, 11) is 0. The van der Waals surface area contributed by atoms with Crippen molar-refractivity contribution < 1.29 is 22.8 Å².